The van der Waals surface area contributed by atoms with E-state index >= 15 is 0 Å². The van der Waals surface area contributed by atoms with Crippen LogP contribution in [0.2, 0.25) is 0 Å². The summed E-state index contributed by atoms with van der Waals surface area (Å²) in [5.74, 6) is 1.13. The molecule has 0 radical (unpaired) electrons. The lowest BCUT2D eigenvalue weighted by Gasteiger charge is -2.18. The zero-order chi connectivity index (χ0) is 24.6. The number of nitrogens with zero attached hydrogens (tertiary/aromatic N) is 3. The van der Waals surface area contributed by atoms with Crippen LogP contribution in [0.3, 0.4) is 0 Å². The molecule has 7 nitrogen and oxygen atoms in total. The quantitative estimate of drug-likeness (QED) is 0.241. The van der Waals surface area contributed by atoms with E-state index in [1.807, 2.05) is 66.9 Å². The van der Waals surface area contributed by atoms with Gasteiger partial charge in [-0.15, -0.1) is 0 Å². The summed E-state index contributed by atoms with van der Waals surface area (Å²) in [5.41, 5.74) is 2.94. The van der Waals surface area contributed by atoms with Gasteiger partial charge in [0, 0.05) is 23.8 Å². The largest absolute Gasteiger partial charge is 0.493 e. The number of carbonyl (C=O) groups excluding carboxylic acids is 1. The Morgan fingerprint density at radius 3 is 2.86 bits per heavy atom. The normalized spacial score (nSPS) is 19.2. The smallest absolute Gasteiger partial charge is 0.266 e. The molecule has 2 aliphatic heterocycles. The van der Waals surface area contributed by atoms with E-state index in [2.05, 4.69) is 0 Å². The number of benzene rings is 2. The standard InChI is InChI=1S/C27H23N3O4S2/c1-32-21-11-5-7-17-13-22(34-25(17)21)24-18(15-30(28-24)19-8-3-2-4-9-19)14-23-26(31)29(27(35)36-23)16-20-10-6-12-33-20/h2-5,7-9,11,13-15,20H,6,10,12,16H2,1H3/b23-14-/t20-/m1/s1. The first-order chi connectivity index (χ1) is 17.6. The second-order valence-corrected chi connectivity index (χ2v) is 10.3. The molecule has 0 N–H and O–H groups in total. The third-order valence-corrected chi connectivity index (χ3v) is 7.67. The van der Waals surface area contributed by atoms with Gasteiger partial charge < -0.3 is 13.9 Å². The number of methoxy groups -OCH3 is 1. The lowest BCUT2D eigenvalue weighted by molar-refractivity contribution is -0.123. The van der Waals surface area contributed by atoms with Crippen molar-refractivity contribution in [2.45, 2.75) is 18.9 Å². The summed E-state index contributed by atoms with van der Waals surface area (Å²) in [5, 5.41) is 5.75. The van der Waals surface area contributed by atoms with Gasteiger partial charge in [-0.25, -0.2) is 4.68 Å². The fraction of sp³-hybridized carbons (Fsp3) is 0.222. The molecule has 182 valence electrons. The number of thiocarbonyl (C=S) groups is 1. The Bertz CT molecular complexity index is 1490. The third kappa shape index (κ3) is 4.23. The van der Waals surface area contributed by atoms with E-state index in [0.717, 1.165) is 36.1 Å². The van der Waals surface area contributed by atoms with Crippen LogP contribution in [0.5, 0.6) is 5.75 Å². The Kier molecular flexibility index (Phi) is 6.12. The topological polar surface area (TPSA) is 69.7 Å². The number of aromatic nitrogens is 2. The van der Waals surface area contributed by atoms with Gasteiger partial charge in [0.2, 0.25) is 0 Å². The molecule has 4 heterocycles. The van der Waals surface area contributed by atoms with Gasteiger partial charge in [0.05, 0.1) is 30.4 Å². The average Bonchev–Trinajstić information content (AvgIpc) is 3.69. The molecule has 0 saturated carbocycles. The zero-order valence-corrected chi connectivity index (χ0v) is 21.2. The summed E-state index contributed by atoms with van der Waals surface area (Å²) >= 11 is 6.85. The third-order valence-electron chi connectivity index (χ3n) is 6.29. The Morgan fingerprint density at radius 1 is 1.22 bits per heavy atom. The number of rotatable bonds is 6. The van der Waals surface area contributed by atoms with Crippen molar-refractivity contribution in [2.75, 3.05) is 20.3 Å². The molecule has 2 aliphatic rings. The SMILES string of the molecule is COc1cccc2cc(-c3nn(-c4ccccc4)cc3/C=C3\SC(=S)N(C[C@H]4CCCO4)C3=O)oc12. The highest BCUT2D eigenvalue weighted by molar-refractivity contribution is 8.26. The van der Waals surface area contributed by atoms with Crippen LogP contribution in [0.1, 0.15) is 18.4 Å². The summed E-state index contributed by atoms with van der Waals surface area (Å²) < 4.78 is 19.7. The van der Waals surface area contributed by atoms with Crippen LogP contribution < -0.4 is 4.74 Å². The zero-order valence-electron chi connectivity index (χ0n) is 19.5. The van der Waals surface area contributed by atoms with Gasteiger partial charge in [-0.3, -0.25) is 9.69 Å². The molecule has 1 atom stereocenters. The van der Waals surface area contributed by atoms with Crippen LogP contribution in [0.15, 0.2) is 70.1 Å². The van der Waals surface area contributed by atoms with E-state index in [1.54, 1.807) is 16.7 Å². The van der Waals surface area contributed by atoms with E-state index in [-0.39, 0.29) is 12.0 Å². The number of furan rings is 1. The number of fused-ring (bicyclic) bond motifs is 1. The molecular weight excluding hydrogens is 494 g/mol. The molecule has 0 aliphatic carbocycles. The van der Waals surface area contributed by atoms with E-state index in [1.165, 1.54) is 11.8 Å². The van der Waals surface area contributed by atoms with E-state index in [4.69, 9.17) is 31.2 Å². The lowest BCUT2D eigenvalue weighted by Crippen LogP contribution is -2.35. The first-order valence-electron chi connectivity index (χ1n) is 11.7. The van der Waals surface area contributed by atoms with Crippen LogP contribution in [-0.4, -0.2) is 51.3 Å². The number of carbonyl (C=O) groups is 1. The molecule has 2 saturated heterocycles. The molecule has 2 fully saturated rings. The molecule has 6 rings (SSSR count). The van der Waals surface area contributed by atoms with E-state index < -0.39 is 0 Å². The van der Waals surface area contributed by atoms with Crippen molar-refractivity contribution in [3.63, 3.8) is 0 Å². The van der Waals surface area contributed by atoms with E-state index in [9.17, 15) is 4.79 Å². The molecule has 2 aromatic heterocycles. The van der Waals surface area contributed by atoms with Crippen molar-refractivity contribution in [3.05, 3.63) is 71.3 Å². The molecular formula is C27H23N3O4S2. The minimum atomic E-state index is -0.106. The maximum absolute atomic E-state index is 13.3. The van der Waals surface area contributed by atoms with Gasteiger partial charge >= 0.3 is 0 Å². The molecule has 0 spiro atoms. The van der Waals surface area contributed by atoms with Gasteiger partial charge in [0.1, 0.15) is 10.0 Å². The minimum absolute atomic E-state index is 0.0359. The summed E-state index contributed by atoms with van der Waals surface area (Å²) in [6, 6.07) is 17.5. The molecule has 36 heavy (non-hydrogen) atoms. The Labute approximate surface area is 217 Å². The molecule has 4 aromatic rings. The lowest BCUT2D eigenvalue weighted by atomic mass is 10.1. The van der Waals surface area contributed by atoms with Gasteiger partial charge in [0.25, 0.3) is 5.91 Å². The Morgan fingerprint density at radius 2 is 2.08 bits per heavy atom. The minimum Gasteiger partial charge on any atom is -0.493 e. The van der Waals surface area contributed by atoms with Gasteiger partial charge in [-0.1, -0.05) is 54.3 Å². The number of hydrogen-bond donors (Lipinski definition) is 0. The summed E-state index contributed by atoms with van der Waals surface area (Å²) in [4.78, 5) is 15.5. The highest BCUT2D eigenvalue weighted by atomic mass is 32.2. The van der Waals surface area contributed by atoms with Gasteiger partial charge in [0.15, 0.2) is 17.1 Å². The number of ether oxygens (including phenoxy) is 2. The highest BCUT2D eigenvalue weighted by Crippen LogP contribution is 2.38. The highest BCUT2D eigenvalue weighted by Gasteiger charge is 2.35. The van der Waals surface area contributed by atoms with Gasteiger partial charge in [-0.05, 0) is 43.2 Å². The van der Waals surface area contributed by atoms with Crippen LogP contribution in [0.4, 0.5) is 0 Å². The average molecular weight is 518 g/mol. The summed E-state index contributed by atoms with van der Waals surface area (Å²) in [7, 11) is 1.62. The maximum Gasteiger partial charge on any atom is 0.266 e. The molecule has 9 heteroatoms. The van der Waals surface area contributed by atoms with Crippen LogP contribution in [-0.2, 0) is 9.53 Å². The van der Waals surface area contributed by atoms with Crippen molar-refractivity contribution in [3.8, 4) is 22.9 Å². The first-order valence-corrected chi connectivity index (χ1v) is 12.9. The van der Waals surface area contributed by atoms with Crippen LogP contribution in [0, 0.1) is 0 Å². The predicted octanol–water partition coefficient (Wildman–Crippen LogP) is 5.67. The van der Waals surface area contributed by atoms with Crippen LogP contribution in [0.25, 0.3) is 34.2 Å². The maximum atomic E-state index is 13.3. The summed E-state index contributed by atoms with van der Waals surface area (Å²) in [6.07, 6.45) is 5.75. The fourth-order valence-electron chi connectivity index (χ4n) is 4.50. The molecule has 0 bridgehead atoms. The number of amides is 1. The van der Waals surface area contributed by atoms with Crippen molar-refractivity contribution in [1.82, 2.24) is 14.7 Å². The molecule has 2 aromatic carbocycles. The number of thioether (sulfide) groups is 1. The fourth-order valence-corrected chi connectivity index (χ4v) is 5.77. The molecule has 1 amide bonds. The van der Waals surface area contributed by atoms with Crippen molar-refractivity contribution >= 4 is 51.3 Å². The van der Waals surface area contributed by atoms with Crippen molar-refractivity contribution in [1.29, 1.82) is 0 Å². The molecule has 0 unspecified atom stereocenters. The second kappa shape index (κ2) is 9.57. The Hall–Kier alpha value is -3.40. The predicted molar refractivity (Wildman–Crippen MR) is 144 cm³/mol. The summed E-state index contributed by atoms with van der Waals surface area (Å²) in [6.45, 7) is 1.22. The second-order valence-electron chi connectivity index (χ2n) is 8.63. The van der Waals surface area contributed by atoms with Crippen LogP contribution >= 0.6 is 24.0 Å². The van der Waals surface area contributed by atoms with Crippen molar-refractivity contribution < 1.29 is 18.7 Å². The number of para-hydroxylation sites is 2. The van der Waals surface area contributed by atoms with E-state index in [0.29, 0.717) is 38.6 Å². The Balaban J connectivity index is 1.41. The monoisotopic (exact) mass is 517 g/mol. The van der Waals surface area contributed by atoms with Crippen molar-refractivity contribution in [2.24, 2.45) is 0 Å². The van der Waals surface area contributed by atoms with Gasteiger partial charge in [-0.2, -0.15) is 5.10 Å². The first kappa shape index (κ1) is 23.0. The number of hydrogen-bond acceptors (Lipinski definition) is 7.